The molecule has 0 atom stereocenters. The van der Waals surface area contributed by atoms with E-state index in [2.05, 4.69) is 42.2 Å². The number of aromatic nitrogens is 4. The Hall–Kier alpha value is -2.65. The second kappa shape index (κ2) is 8.12. The van der Waals surface area contributed by atoms with Gasteiger partial charge in [0.15, 0.2) is 0 Å². The maximum atomic E-state index is 13.2. The number of imidazole rings is 2. The standard InChI is InChI=1S/C22H23BrN6OS/c1-26(2)22-25-18-13-19(31-21(18)29(22)17-5-3-15(23)4-6-17)20(30)27-10-7-16(8-11-27)28-12-9-24-14-28/h3-6,9,12-14,16H,7-8,10-11H2,1-2H3. The molecule has 3 aromatic heterocycles. The molecule has 1 saturated heterocycles. The highest BCUT2D eigenvalue weighted by atomic mass is 79.9. The monoisotopic (exact) mass is 498 g/mol. The first-order chi connectivity index (χ1) is 15.0. The zero-order valence-corrected chi connectivity index (χ0v) is 19.8. The topological polar surface area (TPSA) is 59.2 Å². The Morgan fingerprint density at radius 2 is 1.94 bits per heavy atom. The summed E-state index contributed by atoms with van der Waals surface area (Å²) in [5, 5.41) is 0. The summed E-state index contributed by atoms with van der Waals surface area (Å²) in [4.78, 5) is 27.9. The van der Waals surface area contributed by atoms with Crippen molar-refractivity contribution in [1.82, 2.24) is 24.0 Å². The SMILES string of the molecule is CN(C)c1nc2cc(C(=O)N3CCC(n4ccnc4)CC3)sc2n1-c1ccc(Br)cc1. The van der Waals surface area contributed by atoms with Crippen molar-refractivity contribution in [1.29, 1.82) is 0 Å². The number of likely N-dealkylation sites (tertiary alicyclic amines) is 1. The summed E-state index contributed by atoms with van der Waals surface area (Å²) in [5.74, 6) is 0.949. The lowest BCUT2D eigenvalue weighted by atomic mass is 10.0. The van der Waals surface area contributed by atoms with Gasteiger partial charge in [-0.15, -0.1) is 11.3 Å². The van der Waals surface area contributed by atoms with E-state index in [-0.39, 0.29) is 5.91 Å². The van der Waals surface area contributed by atoms with Crippen LogP contribution in [0.25, 0.3) is 16.0 Å². The van der Waals surface area contributed by atoms with E-state index < -0.39 is 0 Å². The van der Waals surface area contributed by atoms with Gasteiger partial charge in [-0.2, -0.15) is 0 Å². The van der Waals surface area contributed by atoms with Crippen LogP contribution < -0.4 is 4.90 Å². The first kappa shape index (κ1) is 20.3. The average Bonchev–Trinajstić information content (AvgIpc) is 3.50. The van der Waals surface area contributed by atoms with Crippen LogP contribution in [-0.4, -0.2) is 57.1 Å². The zero-order chi connectivity index (χ0) is 21.5. The number of anilines is 1. The highest BCUT2D eigenvalue weighted by Gasteiger charge is 2.27. The van der Waals surface area contributed by atoms with Gasteiger partial charge in [0.25, 0.3) is 5.91 Å². The summed E-state index contributed by atoms with van der Waals surface area (Å²) >= 11 is 5.02. The van der Waals surface area contributed by atoms with Gasteiger partial charge >= 0.3 is 0 Å². The number of nitrogens with zero attached hydrogens (tertiary/aromatic N) is 6. The number of thiophene rings is 1. The Morgan fingerprint density at radius 3 is 2.58 bits per heavy atom. The molecule has 0 bridgehead atoms. The summed E-state index contributed by atoms with van der Waals surface area (Å²) in [5.41, 5.74) is 1.88. The fourth-order valence-electron chi connectivity index (χ4n) is 4.10. The second-order valence-electron chi connectivity index (χ2n) is 7.95. The fraction of sp³-hybridized carbons (Fsp3) is 0.318. The first-order valence-corrected chi connectivity index (χ1v) is 11.8. The maximum absolute atomic E-state index is 13.2. The van der Waals surface area contributed by atoms with Crippen molar-refractivity contribution in [2.45, 2.75) is 18.9 Å². The van der Waals surface area contributed by atoms with Crippen LogP contribution in [-0.2, 0) is 0 Å². The van der Waals surface area contributed by atoms with Crippen molar-refractivity contribution in [2.24, 2.45) is 0 Å². The molecule has 1 aliphatic rings. The molecule has 0 radical (unpaired) electrons. The molecule has 1 aliphatic heterocycles. The third-order valence-corrected chi connectivity index (χ3v) is 7.34. The van der Waals surface area contributed by atoms with Crippen molar-refractivity contribution in [3.05, 3.63) is 58.4 Å². The van der Waals surface area contributed by atoms with E-state index in [1.807, 2.05) is 60.8 Å². The van der Waals surface area contributed by atoms with Crippen LogP contribution in [0.1, 0.15) is 28.6 Å². The van der Waals surface area contributed by atoms with Crippen molar-refractivity contribution in [3.8, 4) is 5.69 Å². The smallest absolute Gasteiger partial charge is 0.264 e. The molecule has 7 nitrogen and oxygen atoms in total. The summed E-state index contributed by atoms with van der Waals surface area (Å²) in [6.45, 7) is 1.51. The Kier molecular flexibility index (Phi) is 5.31. The summed E-state index contributed by atoms with van der Waals surface area (Å²) in [7, 11) is 3.97. The van der Waals surface area contributed by atoms with Crippen LogP contribution in [0.2, 0.25) is 0 Å². The molecule has 5 rings (SSSR count). The van der Waals surface area contributed by atoms with E-state index in [1.54, 1.807) is 0 Å². The van der Waals surface area contributed by atoms with Gasteiger partial charge in [-0.3, -0.25) is 9.36 Å². The molecule has 1 aromatic carbocycles. The van der Waals surface area contributed by atoms with Crippen molar-refractivity contribution >= 4 is 49.5 Å². The van der Waals surface area contributed by atoms with Crippen LogP contribution in [0.5, 0.6) is 0 Å². The van der Waals surface area contributed by atoms with E-state index >= 15 is 0 Å². The van der Waals surface area contributed by atoms with Crippen LogP contribution in [0.4, 0.5) is 5.95 Å². The normalized spacial score (nSPS) is 15.0. The molecule has 0 unspecified atom stereocenters. The molecular weight excluding hydrogens is 476 g/mol. The highest BCUT2D eigenvalue weighted by molar-refractivity contribution is 9.10. The number of amides is 1. The van der Waals surface area contributed by atoms with Gasteiger partial charge < -0.3 is 14.4 Å². The largest absolute Gasteiger partial charge is 0.348 e. The summed E-state index contributed by atoms with van der Waals surface area (Å²) < 4.78 is 5.30. The number of hydrogen-bond acceptors (Lipinski definition) is 5. The third kappa shape index (κ3) is 3.76. The molecule has 9 heteroatoms. The zero-order valence-electron chi connectivity index (χ0n) is 17.4. The van der Waals surface area contributed by atoms with E-state index in [9.17, 15) is 4.79 Å². The van der Waals surface area contributed by atoms with Crippen LogP contribution in [0, 0.1) is 0 Å². The van der Waals surface area contributed by atoms with Gasteiger partial charge in [0.2, 0.25) is 5.95 Å². The van der Waals surface area contributed by atoms with E-state index in [0.717, 1.165) is 57.3 Å². The van der Waals surface area contributed by atoms with Gasteiger partial charge in [0.1, 0.15) is 10.3 Å². The molecule has 0 N–H and O–H groups in total. The van der Waals surface area contributed by atoms with Crippen molar-refractivity contribution < 1.29 is 4.79 Å². The molecule has 0 aliphatic carbocycles. The molecule has 31 heavy (non-hydrogen) atoms. The maximum Gasteiger partial charge on any atom is 0.264 e. The molecule has 160 valence electrons. The summed E-state index contributed by atoms with van der Waals surface area (Å²) in [6.07, 6.45) is 7.57. The fourth-order valence-corrected chi connectivity index (χ4v) is 5.44. The molecule has 0 saturated carbocycles. The van der Waals surface area contributed by atoms with Crippen molar-refractivity contribution in [3.63, 3.8) is 0 Å². The number of halogens is 1. The quantitative estimate of drug-likeness (QED) is 0.412. The predicted molar refractivity (Wildman–Crippen MR) is 127 cm³/mol. The predicted octanol–water partition coefficient (Wildman–Crippen LogP) is 4.59. The van der Waals surface area contributed by atoms with Gasteiger partial charge in [0.05, 0.1) is 11.2 Å². The Bertz CT molecular complexity index is 1200. The van der Waals surface area contributed by atoms with Crippen LogP contribution in [0.3, 0.4) is 0 Å². The first-order valence-electron chi connectivity index (χ1n) is 10.2. The lowest BCUT2D eigenvalue weighted by Crippen LogP contribution is -2.38. The Morgan fingerprint density at radius 1 is 1.19 bits per heavy atom. The number of rotatable bonds is 4. The lowest BCUT2D eigenvalue weighted by Gasteiger charge is -2.32. The molecule has 4 aromatic rings. The molecular formula is C22H23BrN6OS. The third-order valence-electron chi connectivity index (χ3n) is 5.71. The molecule has 0 spiro atoms. The molecule has 1 fully saturated rings. The average molecular weight is 499 g/mol. The van der Waals surface area contributed by atoms with Gasteiger partial charge in [-0.1, -0.05) is 15.9 Å². The van der Waals surface area contributed by atoms with Gasteiger partial charge in [-0.05, 0) is 43.2 Å². The number of carbonyl (C=O) groups is 1. The van der Waals surface area contributed by atoms with E-state index in [4.69, 9.17) is 4.98 Å². The highest BCUT2D eigenvalue weighted by Crippen LogP contribution is 2.34. The number of carbonyl (C=O) groups excluding carboxylic acids is 1. The molecule has 4 heterocycles. The number of benzene rings is 1. The Labute approximate surface area is 193 Å². The number of hydrogen-bond donors (Lipinski definition) is 0. The lowest BCUT2D eigenvalue weighted by molar-refractivity contribution is 0.0699. The van der Waals surface area contributed by atoms with Crippen LogP contribution >= 0.6 is 27.3 Å². The molecule has 1 amide bonds. The summed E-state index contributed by atoms with van der Waals surface area (Å²) in [6, 6.07) is 10.5. The Balaban J connectivity index is 1.42. The van der Waals surface area contributed by atoms with Gasteiger partial charge in [0, 0.05) is 55.8 Å². The minimum Gasteiger partial charge on any atom is -0.348 e. The second-order valence-corrected chi connectivity index (χ2v) is 9.90. The minimum absolute atomic E-state index is 0.0980. The number of piperidine rings is 1. The van der Waals surface area contributed by atoms with E-state index in [0.29, 0.717) is 6.04 Å². The minimum atomic E-state index is 0.0980. The van der Waals surface area contributed by atoms with Crippen LogP contribution in [0.15, 0.2) is 53.5 Å². The number of fused-ring (bicyclic) bond motifs is 1. The van der Waals surface area contributed by atoms with Crippen molar-refractivity contribution in [2.75, 3.05) is 32.1 Å². The van der Waals surface area contributed by atoms with E-state index in [1.165, 1.54) is 11.3 Å². The van der Waals surface area contributed by atoms with Gasteiger partial charge in [-0.25, -0.2) is 9.97 Å².